The molecule has 146 valence electrons. The van der Waals surface area contributed by atoms with Crippen molar-refractivity contribution >= 4 is 31.2 Å². The molecule has 2 aliphatic rings. The maximum absolute atomic E-state index is 12.9. The summed E-state index contributed by atoms with van der Waals surface area (Å²) < 4.78 is 23.0. The third kappa shape index (κ3) is 3.46. The van der Waals surface area contributed by atoms with Gasteiger partial charge >= 0.3 is 7.60 Å². The Morgan fingerprint density at radius 1 is 1.33 bits per heavy atom. The first-order valence-corrected chi connectivity index (χ1v) is 10.9. The van der Waals surface area contributed by atoms with E-state index in [0.29, 0.717) is 11.3 Å². The van der Waals surface area contributed by atoms with E-state index in [1.165, 1.54) is 30.9 Å². The van der Waals surface area contributed by atoms with E-state index in [0.717, 1.165) is 5.57 Å². The summed E-state index contributed by atoms with van der Waals surface area (Å²) in [5, 5.41) is 2.34. The summed E-state index contributed by atoms with van der Waals surface area (Å²) in [6.45, 7) is 1.79. The van der Waals surface area contributed by atoms with E-state index in [1.54, 1.807) is 31.2 Å². The quantitative estimate of drug-likeness (QED) is 0.542. The minimum absolute atomic E-state index is 0.263. The zero-order chi connectivity index (χ0) is 19.8. The molecule has 1 aromatic rings. The lowest BCUT2D eigenvalue weighted by Gasteiger charge is -2.50. The zero-order valence-electron chi connectivity index (χ0n) is 15.2. The van der Waals surface area contributed by atoms with E-state index in [-0.39, 0.29) is 16.7 Å². The first-order valence-electron chi connectivity index (χ1n) is 8.31. The van der Waals surface area contributed by atoms with Crippen molar-refractivity contribution in [2.75, 3.05) is 20.0 Å². The zero-order valence-corrected chi connectivity index (χ0v) is 17.0. The molecule has 3 rings (SSSR count). The number of β-lactam (4-membered cyclic amide) rings is 1. The molecule has 0 radical (unpaired) electrons. The molecular weight excluding hydrogens is 389 g/mol. The molecule has 3 atom stereocenters. The highest BCUT2D eigenvalue weighted by atomic mass is 32.2. The minimum Gasteiger partial charge on any atom is -0.340 e. The molecule has 1 saturated heterocycles. The smallest absolute Gasteiger partial charge is 0.340 e. The van der Waals surface area contributed by atoms with Crippen LogP contribution >= 0.6 is 19.4 Å². The summed E-state index contributed by atoms with van der Waals surface area (Å²) in [7, 11) is -1.02. The molecule has 1 unspecified atom stereocenters. The molecule has 0 spiro atoms. The fourth-order valence-electron chi connectivity index (χ4n) is 3.14. The van der Waals surface area contributed by atoms with Crippen molar-refractivity contribution in [2.24, 2.45) is 5.73 Å². The predicted molar refractivity (Wildman–Crippen MR) is 103 cm³/mol. The van der Waals surface area contributed by atoms with Gasteiger partial charge in [0.15, 0.2) is 0 Å². The van der Waals surface area contributed by atoms with E-state index in [4.69, 9.17) is 14.8 Å². The number of thioether (sulfide) groups is 1. The number of amides is 2. The summed E-state index contributed by atoms with van der Waals surface area (Å²) in [6, 6.07) is 7.33. The normalized spacial score (nSPS) is 23.6. The molecule has 3 N–H and O–H groups in total. The summed E-state index contributed by atoms with van der Waals surface area (Å²) >= 11 is 1.48. The lowest BCUT2D eigenvalue weighted by Crippen LogP contribution is -2.70. The third-order valence-electron chi connectivity index (χ3n) is 4.60. The molecule has 0 bridgehead atoms. The second-order valence-corrected chi connectivity index (χ2v) is 9.50. The van der Waals surface area contributed by atoms with Gasteiger partial charge in [-0.1, -0.05) is 30.3 Å². The van der Waals surface area contributed by atoms with E-state index >= 15 is 0 Å². The number of hydrogen-bond donors (Lipinski definition) is 2. The highest BCUT2D eigenvalue weighted by Crippen LogP contribution is 2.61. The van der Waals surface area contributed by atoms with Gasteiger partial charge in [-0.05, 0) is 18.1 Å². The Morgan fingerprint density at radius 3 is 2.56 bits per heavy atom. The van der Waals surface area contributed by atoms with Crippen LogP contribution in [0.2, 0.25) is 0 Å². The molecule has 1 fully saturated rings. The molecule has 0 saturated carbocycles. The van der Waals surface area contributed by atoms with Crippen molar-refractivity contribution in [3.05, 3.63) is 46.9 Å². The van der Waals surface area contributed by atoms with Crippen molar-refractivity contribution < 1.29 is 23.2 Å². The standard InChI is InChI=1S/C17H22N3O5PS/c1-10-9-27-17-13(15(22)20(17)16(10)26(23,24-2)25-3)19-14(21)12(18)11-7-5-4-6-8-11/h4-8,12-13,17H,9,18H2,1-3H3,(H,19,21)/t12?,13-,17+/m1/s1. The molecule has 1 aromatic carbocycles. The number of nitrogens with zero attached hydrogens (tertiary/aromatic N) is 1. The Hall–Kier alpha value is -1.64. The average molecular weight is 411 g/mol. The van der Waals surface area contributed by atoms with Gasteiger partial charge in [0.1, 0.15) is 22.9 Å². The van der Waals surface area contributed by atoms with Gasteiger partial charge in [-0.3, -0.25) is 19.1 Å². The van der Waals surface area contributed by atoms with Gasteiger partial charge in [-0.25, -0.2) is 0 Å². The fourth-order valence-corrected chi connectivity index (χ4v) is 6.15. The number of hydrogen-bond acceptors (Lipinski definition) is 7. The Labute approximate surface area is 162 Å². The second-order valence-electron chi connectivity index (χ2n) is 6.25. The van der Waals surface area contributed by atoms with E-state index in [1.807, 2.05) is 6.07 Å². The van der Waals surface area contributed by atoms with Crippen molar-refractivity contribution in [3.8, 4) is 0 Å². The second kappa shape index (κ2) is 7.77. The Bertz CT molecular complexity index is 823. The topological polar surface area (TPSA) is 111 Å². The van der Waals surface area contributed by atoms with Gasteiger partial charge < -0.3 is 20.1 Å². The van der Waals surface area contributed by atoms with Crippen LogP contribution in [0.4, 0.5) is 0 Å². The number of carbonyl (C=O) groups is 2. The van der Waals surface area contributed by atoms with Gasteiger partial charge in [-0.15, -0.1) is 11.8 Å². The number of carbonyl (C=O) groups excluding carboxylic acids is 2. The van der Waals surface area contributed by atoms with Crippen LogP contribution in [0, 0.1) is 0 Å². The van der Waals surface area contributed by atoms with Crippen molar-refractivity contribution in [1.29, 1.82) is 0 Å². The Balaban J connectivity index is 1.76. The lowest BCUT2D eigenvalue weighted by molar-refractivity contribution is -0.145. The number of rotatable bonds is 6. The predicted octanol–water partition coefficient (Wildman–Crippen LogP) is 1.80. The van der Waals surface area contributed by atoms with Crippen molar-refractivity contribution in [1.82, 2.24) is 10.2 Å². The number of benzene rings is 1. The summed E-state index contributed by atoms with van der Waals surface area (Å²) in [6.07, 6.45) is 0. The maximum Gasteiger partial charge on any atom is 0.377 e. The third-order valence-corrected chi connectivity index (χ3v) is 8.10. The van der Waals surface area contributed by atoms with E-state index in [9.17, 15) is 14.2 Å². The maximum atomic E-state index is 12.9. The molecule has 8 nitrogen and oxygen atoms in total. The molecule has 0 aromatic heterocycles. The monoisotopic (exact) mass is 411 g/mol. The van der Waals surface area contributed by atoms with Gasteiger partial charge in [0.25, 0.3) is 5.91 Å². The van der Waals surface area contributed by atoms with Crippen LogP contribution in [-0.4, -0.2) is 48.1 Å². The molecule has 2 aliphatic heterocycles. The van der Waals surface area contributed by atoms with Crippen molar-refractivity contribution in [2.45, 2.75) is 24.4 Å². The summed E-state index contributed by atoms with van der Waals surface area (Å²) in [5.74, 6) is -0.240. The first kappa shape index (κ1) is 20.1. The number of fused-ring (bicyclic) bond motifs is 1. The number of nitrogens with one attached hydrogen (secondary N) is 1. The lowest BCUT2D eigenvalue weighted by atomic mass is 10.0. The highest BCUT2D eigenvalue weighted by Gasteiger charge is 2.56. The Kier molecular flexibility index (Phi) is 5.79. The van der Waals surface area contributed by atoms with Crippen LogP contribution in [0.3, 0.4) is 0 Å². The van der Waals surface area contributed by atoms with Crippen LogP contribution < -0.4 is 11.1 Å². The van der Waals surface area contributed by atoms with Crippen LogP contribution in [-0.2, 0) is 23.2 Å². The summed E-state index contributed by atoms with van der Waals surface area (Å²) in [5.41, 5.74) is 7.68. The van der Waals surface area contributed by atoms with Gasteiger partial charge in [0.05, 0.1) is 0 Å². The molecule has 10 heteroatoms. The molecular formula is C17H22N3O5PS. The van der Waals surface area contributed by atoms with E-state index in [2.05, 4.69) is 5.32 Å². The number of nitrogens with two attached hydrogens (primary N) is 1. The van der Waals surface area contributed by atoms with Crippen molar-refractivity contribution in [3.63, 3.8) is 0 Å². The van der Waals surface area contributed by atoms with Crippen LogP contribution in [0.15, 0.2) is 41.3 Å². The first-order chi connectivity index (χ1) is 12.8. The molecule has 2 amide bonds. The van der Waals surface area contributed by atoms with Gasteiger partial charge in [0, 0.05) is 20.0 Å². The van der Waals surface area contributed by atoms with Crippen LogP contribution in [0.5, 0.6) is 0 Å². The fraction of sp³-hybridized carbons (Fsp3) is 0.412. The van der Waals surface area contributed by atoms with Gasteiger partial charge in [0.2, 0.25) is 5.91 Å². The largest absolute Gasteiger partial charge is 0.377 e. The average Bonchev–Trinajstić information content (AvgIpc) is 2.71. The van der Waals surface area contributed by atoms with Crippen LogP contribution in [0.1, 0.15) is 18.5 Å². The minimum atomic E-state index is -3.59. The molecule has 0 aliphatic carbocycles. The Morgan fingerprint density at radius 2 is 1.96 bits per heavy atom. The van der Waals surface area contributed by atoms with E-state index < -0.39 is 25.6 Å². The molecule has 2 heterocycles. The highest BCUT2D eigenvalue weighted by molar-refractivity contribution is 8.00. The SMILES string of the molecule is COP(=O)(OC)C1=C(C)CS[C@H]2[C@H](NC(=O)C(N)c3ccccc3)C(=O)N12. The molecule has 27 heavy (non-hydrogen) atoms. The summed E-state index contributed by atoms with van der Waals surface area (Å²) in [4.78, 5) is 26.6. The van der Waals surface area contributed by atoms with Gasteiger partial charge in [-0.2, -0.15) is 0 Å². The van der Waals surface area contributed by atoms with Crippen LogP contribution in [0.25, 0.3) is 0 Å².